The SMILES string of the molecule is CC(C)C1CNC(Cc2ccccc2)CN1C1(C)CC1. The predicted octanol–water partition coefficient (Wildman–Crippen LogP) is 3.08. The zero-order valence-electron chi connectivity index (χ0n) is 13.1. The molecule has 0 radical (unpaired) electrons. The van der Waals surface area contributed by atoms with Crippen molar-refractivity contribution in [2.24, 2.45) is 5.92 Å². The summed E-state index contributed by atoms with van der Waals surface area (Å²) >= 11 is 0. The molecule has 1 heterocycles. The minimum atomic E-state index is 0.492. The molecular weight excluding hydrogens is 244 g/mol. The van der Waals surface area contributed by atoms with E-state index < -0.39 is 0 Å². The van der Waals surface area contributed by atoms with Crippen LogP contribution in [0.5, 0.6) is 0 Å². The molecule has 1 aliphatic heterocycles. The van der Waals surface area contributed by atoms with Gasteiger partial charge in [0, 0.05) is 30.7 Å². The maximum absolute atomic E-state index is 3.79. The molecule has 0 aromatic heterocycles. The van der Waals surface area contributed by atoms with Gasteiger partial charge in [0.2, 0.25) is 0 Å². The molecule has 1 saturated heterocycles. The molecule has 1 aromatic carbocycles. The molecule has 3 rings (SSSR count). The van der Waals surface area contributed by atoms with Crippen molar-refractivity contribution in [3.05, 3.63) is 35.9 Å². The topological polar surface area (TPSA) is 15.3 Å². The standard InChI is InChI=1S/C18H28N2/c1-14(2)17-12-19-16(11-15-7-5-4-6-8-15)13-20(17)18(3)9-10-18/h4-8,14,16-17,19H,9-13H2,1-3H3. The van der Waals surface area contributed by atoms with E-state index in [0.29, 0.717) is 17.6 Å². The first-order chi connectivity index (χ1) is 9.58. The van der Waals surface area contributed by atoms with E-state index in [2.05, 4.69) is 61.3 Å². The van der Waals surface area contributed by atoms with E-state index in [4.69, 9.17) is 0 Å². The van der Waals surface area contributed by atoms with Gasteiger partial charge in [-0.3, -0.25) is 4.90 Å². The maximum Gasteiger partial charge on any atom is 0.0249 e. The summed E-state index contributed by atoms with van der Waals surface area (Å²) in [5, 5.41) is 3.79. The van der Waals surface area contributed by atoms with Gasteiger partial charge in [-0.15, -0.1) is 0 Å². The lowest BCUT2D eigenvalue weighted by Gasteiger charge is -2.46. The summed E-state index contributed by atoms with van der Waals surface area (Å²) in [6.45, 7) is 9.53. The zero-order valence-corrected chi connectivity index (χ0v) is 13.1. The Kier molecular flexibility index (Phi) is 3.87. The Morgan fingerprint density at radius 3 is 2.55 bits per heavy atom. The first-order valence-electron chi connectivity index (χ1n) is 8.12. The van der Waals surface area contributed by atoms with Gasteiger partial charge in [-0.1, -0.05) is 44.2 Å². The average Bonchev–Trinajstić information content (AvgIpc) is 3.19. The lowest BCUT2D eigenvalue weighted by molar-refractivity contribution is 0.0507. The van der Waals surface area contributed by atoms with Crippen molar-refractivity contribution in [3.8, 4) is 0 Å². The second kappa shape index (κ2) is 5.50. The minimum Gasteiger partial charge on any atom is -0.311 e. The number of benzene rings is 1. The van der Waals surface area contributed by atoms with E-state index in [1.165, 1.54) is 24.9 Å². The summed E-state index contributed by atoms with van der Waals surface area (Å²) in [4.78, 5) is 2.81. The molecule has 2 nitrogen and oxygen atoms in total. The fourth-order valence-corrected chi connectivity index (χ4v) is 3.55. The fourth-order valence-electron chi connectivity index (χ4n) is 3.55. The average molecular weight is 272 g/mol. The van der Waals surface area contributed by atoms with Crippen molar-refractivity contribution in [1.82, 2.24) is 10.2 Å². The summed E-state index contributed by atoms with van der Waals surface area (Å²) in [6.07, 6.45) is 3.92. The number of nitrogens with zero attached hydrogens (tertiary/aromatic N) is 1. The smallest absolute Gasteiger partial charge is 0.0249 e. The van der Waals surface area contributed by atoms with Crippen LogP contribution in [0.2, 0.25) is 0 Å². The first kappa shape index (κ1) is 14.1. The third kappa shape index (κ3) is 2.91. The molecule has 0 bridgehead atoms. The van der Waals surface area contributed by atoms with E-state index in [1.54, 1.807) is 0 Å². The van der Waals surface area contributed by atoms with Crippen molar-refractivity contribution in [1.29, 1.82) is 0 Å². The Balaban J connectivity index is 1.68. The van der Waals surface area contributed by atoms with Crippen LogP contribution in [0.1, 0.15) is 39.2 Å². The third-order valence-corrected chi connectivity index (χ3v) is 5.19. The minimum absolute atomic E-state index is 0.492. The van der Waals surface area contributed by atoms with E-state index in [0.717, 1.165) is 18.9 Å². The quantitative estimate of drug-likeness (QED) is 0.906. The number of rotatable bonds is 4. The van der Waals surface area contributed by atoms with E-state index in [-0.39, 0.29) is 0 Å². The van der Waals surface area contributed by atoms with Gasteiger partial charge in [0.1, 0.15) is 0 Å². The van der Waals surface area contributed by atoms with E-state index >= 15 is 0 Å². The normalized spacial score (nSPS) is 29.6. The second-order valence-electron chi connectivity index (χ2n) is 7.26. The Hall–Kier alpha value is -0.860. The van der Waals surface area contributed by atoms with Gasteiger partial charge in [0.15, 0.2) is 0 Å². The molecule has 2 atom stereocenters. The van der Waals surface area contributed by atoms with Crippen molar-refractivity contribution < 1.29 is 0 Å². The zero-order chi connectivity index (χ0) is 14.2. The van der Waals surface area contributed by atoms with Crippen LogP contribution in [0.15, 0.2) is 30.3 Å². The molecule has 1 aromatic rings. The molecule has 1 aliphatic carbocycles. The molecule has 0 amide bonds. The number of piperazine rings is 1. The lowest BCUT2D eigenvalue weighted by atomic mass is 9.94. The first-order valence-corrected chi connectivity index (χ1v) is 8.12. The van der Waals surface area contributed by atoms with Gasteiger partial charge < -0.3 is 5.32 Å². The summed E-state index contributed by atoms with van der Waals surface area (Å²) in [5.41, 5.74) is 1.94. The Morgan fingerprint density at radius 1 is 1.25 bits per heavy atom. The van der Waals surface area contributed by atoms with Gasteiger partial charge in [0.05, 0.1) is 0 Å². The predicted molar refractivity (Wildman–Crippen MR) is 84.9 cm³/mol. The highest BCUT2D eigenvalue weighted by Gasteiger charge is 2.48. The number of hydrogen-bond donors (Lipinski definition) is 1. The Morgan fingerprint density at radius 2 is 1.95 bits per heavy atom. The molecular formula is C18H28N2. The molecule has 1 saturated carbocycles. The van der Waals surface area contributed by atoms with Crippen LogP contribution in [-0.4, -0.2) is 35.6 Å². The fraction of sp³-hybridized carbons (Fsp3) is 0.667. The molecule has 110 valence electrons. The van der Waals surface area contributed by atoms with E-state index in [1.807, 2.05) is 0 Å². The molecule has 0 spiro atoms. The van der Waals surface area contributed by atoms with Gasteiger partial charge in [-0.25, -0.2) is 0 Å². The highest BCUT2D eigenvalue weighted by atomic mass is 15.3. The van der Waals surface area contributed by atoms with Crippen LogP contribution < -0.4 is 5.32 Å². The summed E-state index contributed by atoms with van der Waals surface area (Å²) in [5.74, 6) is 0.734. The van der Waals surface area contributed by atoms with Crippen LogP contribution in [0.25, 0.3) is 0 Å². The van der Waals surface area contributed by atoms with Crippen LogP contribution in [-0.2, 0) is 6.42 Å². The highest BCUT2D eigenvalue weighted by molar-refractivity contribution is 5.17. The number of nitrogens with one attached hydrogen (secondary N) is 1. The van der Waals surface area contributed by atoms with Crippen LogP contribution >= 0.6 is 0 Å². The molecule has 2 aliphatic rings. The van der Waals surface area contributed by atoms with Gasteiger partial charge in [0.25, 0.3) is 0 Å². The van der Waals surface area contributed by atoms with E-state index in [9.17, 15) is 0 Å². The molecule has 1 N–H and O–H groups in total. The molecule has 2 heteroatoms. The monoisotopic (exact) mass is 272 g/mol. The summed E-state index contributed by atoms with van der Waals surface area (Å²) in [7, 11) is 0. The van der Waals surface area contributed by atoms with Gasteiger partial charge in [-0.2, -0.15) is 0 Å². The summed E-state index contributed by atoms with van der Waals surface area (Å²) in [6, 6.07) is 12.2. The van der Waals surface area contributed by atoms with Gasteiger partial charge in [-0.05, 0) is 37.7 Å². The Bertz CT molecular complexity index is 436. The van der Waals surface area contributed by atoms with Gasteiger partial charge >= 0.3 is 0 Å². The molecule has 2 fully saturated rings. The maximum atomic E-state index is 3.79. The second-order valence-corrected chi connectivity index (χ2v) is 7.26. The molecule has 2 unspecified atom stereocenters. The Labute approximate surface area is 123 Å². The molecule has 20 heavy (non-hydrogen) atoms. The van der Waals surface area contributed by atoms with Crippen LogP contribution in [0.3, 0.4) is 0 Å². The highest BCUT2D eigenvalue weighted by Crippen LogP contribution is 2.44. The third-order valence-electron chi connectivity index (χ3n) is 5.19. The van der Waals surface area contributed by atoms with Crippen LogP contribution in [0, 0.1) is 5.92 Å². The van der Waals surface area contributed by atoms with Crippen molar-refractivity contribution in [3.63, 3.8) is 0 Å². The van der Waals surface area contributed by atoms with Crippen LogP contribution in [0.4, 0.5) is 0 Å². The number of hydrogen-bond acceptors (Lipinski definition) is 2. The van der Waals surface area contributed by atoms with Crippen molar-refractivity contribution in [2.45, 2.75) is 57.7 Å². The van der Waals surface area contributed by atoms with Crippen molar-refractivity contribution >= 4 is 0 Å². The summed E-state index contributed by atoms with van der Waals surface area (Å²) < 4.78 is 0. The largest absolute Gasteiger partial charge is 0.311 e. The lowest BCUT2D eigenvalue weighted by Crippen LogP contribution is -2.61. The van der Waals surface area contributed by atoms with Crippen molar-refractivity contribution in [2.75, 3.05) is 13.1 Å².